The van der Waals surface area contributed by atoms with Gasteiger partial charge in [-0.05, 0) is 32.7 Å². The van der Waals surface area contributed by atoms with Crippen molar-refractivity contribution in [3.8, 4) is 0 Å². The highest BCUT2D eigenvalue weighted by molar-refractivity contribution is 6.31. The van der Waals surface area contributed by atoms with Crippen molar-refractivity contribution in [2.45, 2.75) is 25.5 Å². The lowest BCUT2D eigenvalue weighted by Crippen LogP contribution is -2.55. The summed E-state index contributed by atoms with van der Waals surface area (Å²) in [4.78, 5) is 14.8. The van der Waals surface area contributed by atoms with Crippen molar-refractivity contribution in [1.29, 1.82) is 0 Å². The first-order valence-electron chi connectivity index (χ1n) is 7.05. The SMILES string of the molecule is CCCC1C(N(C)C)=C(Cl)C=CC1(OCC(=O)O)N(C)C. The van der Waals surface area contributed by atoms with Crippen LogP contribution < -0.4 is 0 Å². The van der Waals surface area contributed by atoms with Crippen LogP contribution in [0.4, 0.5) is 0 Å². The zero-order valence-corrected chi connectivity index (χ0v) is 14.1. The Hall–Kier alpha value is -1.04. The van der Waals surface area contributed by atoms with Crippen molar-refractivity contribution in [1.82, 2.24) is 9.80 Å². The number of halogens is 1. The molecule has 1 aliphatic carbocycles. The predicted octanol–water partition coefficient (Wildman–Crippen LogP) is 2.34. The molecule has 0 saturated carbocycles. The predicted molar refractivity (Wildman–Crippen MR) is 84.1 cm³/mol. The molecule has 1 N–H and O–H groups in total. The quantitative estimate of drug-likeness (QED) is 0.731. The molecule has 0 radical (unpaired) electrons. The summed E-state index contributed by atoms with van der Waals surface area (Å²) in [6.07, 6.45) is 5.47. The Morgan fingerprint density at radius 3 is 2.48 bits per heavy atom. The van der Waals surface area contributed by atoms with E-state index in [1.54, 1.807) is 6.08 Å². The number of carbonyl (C=O) groups is 1. The fourth-order valence-electron chi connectivity index (χ4n) is 2.83. The van der Waals surface area contributed by atoms with Gasteiger partial charge in [0.25, 0.3) is 0 Å². The van der Waals surface area contributed by atoms with Gasteiger partial charge in [-0.3, -0.25) is 4.90 Å². The first kappa shape index (κ1) is 18.0. The fourth-order valence-corrected chi connectivity index (χ4v) is 3.19. The number of ether oxygens (including phenoxy) is 1. The van der Waals surface area contributed by atoms with Crippen LogP contribution in [-0.4, -0.2) is 61.4 Å². The molecule has 0 fully saturated rings. The third-order valence-electron chi connectivity index (χ3n) is 3.73. The summed E-state index contributed by atoms with van der Waals surface area (Å²) in [5.41, 5.74) is 0.173. The van der Waals surface area contributed by atoms with Gasteiger partial charge in [-0.25, -0.2) is 4.79 Å². The van der Waals surface area contributed by atoms with Crippen molar-refractivity contribution in [2.24, 2.45) is 5.92 Å². The van der Waals surface area contributed by atoms with Gasteiger partial charge in [0.15, 0.2) is 0 Å². The van der Waals surface area contributed by atoms with Gasteiger partial charge in [0, 0.05) is 25.7 Å². The standard InChI is InChI=1S/C15H25ClN2O3/c1-6-7-11-14(17(2)3)12(16)8-9-15(11,18(4)5)21-10-13(19)20/h8-9,11H,6-7,10H2,1-5H3,(H,19,20). The molecule has 2 atom stereocenters. The van der Waals surface area contributed by atoms with E-state index >= 15 is 0 Å². The molecule has 21 heavy (non-hydrogen) atoms. The minimum absolute atomic E-state index is 0.0238. The smallest absolute Gasteiger partial charge is 0.329 e. The van der Waals surface area contributed by atoms with Crippen LogP contribution in [0.25, 0.3) is 0 Å². The molecule has 120 valence electrons. The third-order valence-corrected chi connectivity index (χ3v) is 4.05. The Balaban J connectivity index is 3.28. The first-order valence-corrected chi connectivity index (χ1v) is 7.43. The molecule has 0 saturated heterocycles. The average Bonchev–Trinajstić information content (AvgIpc) is 2.37. The number of nitrogens with zero attached hydrogens (tertiary/aromatic N) is 2. The summed E-state index contributed by atoms with van der Waals surface area (Å²) < 4.78 is 5.81. The Morgan fingerprint density at radius 1 is 1.43 bits per heavy atom. The molecule has 0 amide bonds. The summed E-state index contributed by atoms with van der Waals surface area (Å²) >= 11 is 6.36. The van der Waals surface area contributed by atoms with E-state index in [1.165, 1.54) is 0 Å². The van der Waals surface area contributed by atoms with Gasteiger partial charge in [-0.15, -0.1) is 0 Å². The molecule has 0 spiro atoms. The zero-order valence-electron chi connectivity index (χ0n) is 13.4. The summed E-state index contributed by atoms with van der Waals surface area (Å²) in [5.74, 6) is -1.00. The van der Waals surface area contributed by atoms with Gasteiger partial charge in [0.05, 0.1) is 5.03 Å². The summed E-state index contributed by atoms with van der Waals surface area (Å²) in [7, 11) is 7.66. The largest absolute Gasteiger partial charge is 0.480 e. The number of hydrogen-bond donors (Lipinski definition) is 1. The van der Waals surface area contributed by atoms with Crippen LogP contribution in [0.2, 0.25) is 0 Å². The Bertz CT molecular complexity index is 446. The van der Waals surface area contributed by atoms with E-state index in [4.69, 9.17) is 21.4 Å². The van der Waals surface area contributed by atoms with Crippen molar-refractivity contribution < 1.29 is 14.6 Å². The lowest BCUT2D eigenvalue weighted by molar-refractivity contribution is -0.167. The summed E-state index contributed by atoms with van der Waals surface area (Å²) in [5, 5.41) is 9.64. The lowest BCUT2D eigenvalue weighted by Gasteiger charge is -2.47. The minimum Gasteiger partial charge on any atom is -0.480 e. The second-order valence-electron chi connectivity index (χ2n) is 5.63. The van der Waals surface area contributed by atoms with Gasteiger partial charge in [-0.1, -0.05) is 24.9 Å². The maximum atomic E-state index is 10.9. The fraction of sp³-hybridized carbons (Fsp3) is 0.667. The number of rotatable bonds is 7. The van der Waals surface area contributed by atoms with Crippen LogP contribution in [0.15, 0.2) is 22.9 Å². The molecule has 0 aromatic heterocycles. The van der Waals surface area contributed by atoms with Crippen LogP contribution in [-0.2, 0) is 9.53 Å². The van der Waals surface area contributed by atoms with E-state index in [9.17, 15) is 4.79 Å². The summed E-state index contributed by atoms with van der Waals surface area (Å²) in [6, 6.07) is 0. The highest BCUT2D eigenvalue weighted by Crippen LogP contribution is 2.42. The van der Waals surface area contributed by atoms with Gasteiger partial charge >= 0.3 is 5.97 Å². The first-order chi connectivity index (χ1) is 9.76. The minimum atomic E-state index is -0.980. The molecule has 1 aliphatic rings. The van der Waals surface area contributed by atoms with Gasteiger partial charge < -0.3 is 14.7 Å². The van der Waals surface area contributed by atoms with Gasteiger partial charge in [-0.2, -0.15) is 0 Å². The van der Waals surface area contributed by atoms with Crippen LogP contribution in [0.1, 0.15) is 19.8 Å². The van der Waals surface area contributed by atoms with Gasteiger partial charge in [0.1, 0.15) is 12.3 Å². The molecule has 2 unspecified atom stereocenters. The Labute approximate surface area is 131 Å². The van der Waals surface area contributed by atoms with Crippen molar-refractivity contribution in [3.63, 3.8) is 0 Å². The molecular formula is C15H25ClN2O3. The van der Waals surface area contributed by atoms with Gasteiger partial charge in [0.2, 0.25) is 0 Å². The number of carboxylic acid groups (broad SMARTS) is 1. The maximum Gasteiger partial charge on any atom is 0.329 e. The van der Waals surface area contributed by atoms with Crippen molar-refractivity contribution in [2.75, 3.05) is 34.8 Å². The average molecular weight is 317 g/mol. The van der Waals surface area contributed by atoms with Crippen LogP contribution in [0.5, 0.6) is 0 Å². The van der Waals surface area contributed by atoms with E-state index in [-0.39, 0.29) is 12.5 Å². The maximum absolute atomic E-state index is 10.9. The number of allylic oxidation sites excluding steroid dienone is 2. The molecular weight excluding hydrogens is 292 g/mol. The Kier molecular flexibility index (Phi) is 6.25. The highest BCUT2D eigenvalue weighted by atomic mass is 35.5. The molecule has 0 aliphatic heterocycles. The number of carboxylic acids is 1. The van der Waals surface area contributed by atoms with E-state index in [1.807, 2.05) is 44.1 Å². The van der Waals surface area contributed by atoms with Crippen LogP contribution >= 0.6 is 11.6 Å². The highest BCUT2D eigenvalue weighted by Gasteiger charge is 2.45. The van der Waals surface area contributed by atoms with E-state index < -0.39 is 11.7 Å². The third kappa shape index (κ3) is 3.78. The van der Waals surface area contributed by atoms with Crippen molar-refractivity contribution in [3.05, 3.63) is 22.9 Å². The zero-order chi connectivity index (χ0) is 16.2. The second-order valence-corrected chi connectivity index (χ2v) is 6.04. The van der Waals surface area contributed by atoms with Crippen LogP contribution in [0.3, 0.4) is 0 Å². The van der Waals surface area contributed by atoms with Crippen LogP contribution in [0, 0.1) is 5.92 Å². The lowest BCUT2D eigenvalue weighted by atomic mass is 9.82. The molecule has 6 heteroatoms. The molecule has 0 heterocycles. The molecule has 0 aromatic rings. The number of likely N-dealkylation sites (N-methyl/N-ethyl adjacent to an activating group) is 1. The second kappa shape index (κ2) is 7.29. The Morgan fingerprint density at radius 2 is 2.05 bits per heavy atom. The molecule has 5 nitrogen and oxygen atoms in total. The molecule has 0 aromatic carbocycles. The molecule has 1 rings (SSSR count). The monoisotopic (exact) mass is 316 g/mol. The topological polar surface area (TPSA) is 53.0 Å². The van der Waals surface area contributed by atoms with E-state index in [0.29, 0.717) is 5.03 Å². The van der Waals surface area contributed by atoms with E-state index in [2.05, 4.69) is 6.92 Å². The van der Waals surface area contributed by atoms with Crippen molar-refractivity contribution >= 4 is 17.6 Å². The summed E-state index contributed by atoms with van der Waals surface area (Å²) in [6.45, 7) is 1.75. The van der Waals surface area contributed by atoms with E-state index in [0.717, 1.165) is 18.5 Å². The normalized spacial score (nSPS) is 25.6. The molecule has 0 bridgehead atoms. The number of aliphatic carboxylic acids is 1. The number of hydrogen-bond acceptors (Lipinski definition) is 4.